The second-order valence-corrected chi connectivity index (χ2v) is 7.44. The highest BCUT2D eigenvalue weighted by Gasteiger charge is 2.06. The molecule has 0 aliphatic rings. The molecule has 0 amide bonds. The number of unbranched alkanes of at least 4 members (excludes halogenated alkanes) is 13. The van der Waals surface area contributed by atoms with Crippen LogP contribution in [0.2, 0.25) is 0 Å². The highest BCUT2D eigenvalue weighted by atomic mass is 15.3. The van der Waals surface area contributed by atoms with Gasteiger partial charge in [-0.2, -0.15) is 0 Å². The first-order valence-electron chi connectivity index (χ1n) is 10.5. The lowest BCUT2D eigenvalue weighted by Gasteiger charge is -2.26. The summed E-state index contributed by atoms with van der Waals surface area (Å²) in [5, 5.41) is 0. The molecule has 0 fully saturated rings. The van der Waals surface area contributed by atoms with Crippen molar-refractivity contribution >= 4 is 5.96 Å². The summed E-state index contributed by atoms with van der Waals surface area (Å²) in [4.78, 5) is 8.69. The van der Waals surface area contributed by atoms with Crippen molar-refractivity contribution in [2.45, 2.75) is 96.8 Å². The molecule has 0 N–H and O–H groups in total. The lowest BCUT2D eigenvalue weighted by molar-refractivity contribution is 0.406. The highest BCUT2D eigenvalue weighted by Crippen LogP contribution is 2.13. The van der Waals surface area contributed by atoms with E-state index in [0.717, 1.165) is 12.5 Å². The molecule has 0 aliphatic carbocycles. The van der Waals surface area contributed by atoms with Gasteiger partial charge in [-0.25, -0.2) is 0 Å². The van der Waals surface area contributed by atoms with Gasteiger partial charge in [-0.3, -0.25) is 4.99 Å². The van der Waals surface area contributed by atoms with Crippen molar-refractivity contribution in [3.8, 4) is 0 Å². The number of guanidine groups is 1. The molecule has 24 heavy (non-hydrogen) atoms. The maximum atomic E-state index is 4.34. The molecule has 3 heteroatoms. The Bertz CT molecular complexity index is 287. The summed E-state index contributed by atoms with van der Waals surface area (Å²) in [7, 11) is 8.13. The summed E-state index contributed by atoms with van der Waals surface area (Å²) in [6.07, 6.45) is 19.9. The average molecular weight is 340 g/mol. The fraction of sp³-hybridized carbons (Fsp3) is 0.952. The molecule has 144 valence electrons. The third-order valence-electron chi connectivity index (χ3n) is 4.79. The second-order valence-electron chi connectivity index (χ2n) is 7.44. The predicted molar refractivity (Wildman–Crippen MR) is 110 cm³/mol. The van der Waals surface area contributed by atoms with Crippen molar-refractivity contribution < 1.29 is 0 Å². The zero-order chi connectivity index (χ0) is 18.0. The van der Waals surface area contributed by atoms with Crippen LogP contribution in [0.25, 0.3) is 0 Å². The third-order valence-corrected chi connectivity index (χ3v) is 4.79. The van der Waals surface area contributed by atoms with Gasteiger partial charge in [-0.1, -0.05) is 90.4 Å². The maximum absolute atomic E-state index is 4.34. The van der Waals surface area contributed by atoms with E-state index in [9.17, 15) is 0 Å². The van der Waals surface area contributed by atoms with Gasteiger partial charge in [0.2, 0.25) is 0 Å². The minimum atomic E-state index is 1.07. The van der Waals surface area contributed by atoms with Gasteiger partial charge in [0.25, 0.3) is 0 Å². The molecule has 0 aromatic carbocycles. The predicted octanol–water partition coefficient (Wildman–Crippen LogP) is 5.95. The molecule has 0 rings (SSSR count). The summed E-state index contributed by atoms with van der Waals surface area (Å²) in [6, 6.07) is 0. The van der Waals surface area contributed by atoms with Crippen molar-refractivity contribution in [3.05, 3.63) is 0 Å². The first kappa shape index (κ1) is 23.3. The quantitative estimate of drug-likeness (QED) is 0.209. The smallest absolute Gasteiger partial charge is 0.195 e. The fourth-order valence-electron chi connectivity index (χ4n) is 3.36. The Morgan fingerprint density at radius 1 is 0.625 bits per heavy atom. The fourth-order valence-corrected chi connectivity index (χ4v) is 3.36. The van der Waals surface area contributed by atoms with E-state index < -0.39 is 0 Å². The molecule has 0 spiro atoms. The maximum Gasteiger partial charge on any atom is 0.195 e. The van der Waals surface area contributed by atoms with Gasteiger partial charge in [0.15, 0.2) is 5.96 Å². The minimum absolute atomic E-state index is 1.07. The number of nitrogens with zero attached hydrogens (tertiary/aromatic N) is 3. The molecule has 0 bridgehead atoms. The largest absolute Gasteiger partial charge is 0.349 e. The topological polar surface area (TPSA) is 18.8 Å². The Balaban J connectivity index is 3.28. The average Bonchev–Trinajstić information content (AvgIpc) is 2.55. The minimum Gasteiger partial charge on any atom is -0.349 e. The summed E-state index contributed by atoms with van der Waals surface area (Å²) in [5.41, 5.74) is 0. The van der Waals surface area contributed by atoms with Crippen LogP contribution < -0.4 is 0 Å². The molecule has 0 unspecified atom stereocenters. The van der Waals surface area contributed by atoms with Crippen molar-refractivity contribution in [2.75, 3.05) is 34.7 Å². The molecule has 0 radical (unpaired) electrons. The van der Waals surface area contributed by atoms with E-state index in [1.807, 2.05) is 7.05 Å². The molecule has 0 saturated carbocycles. The van der Waals surface area contributed by atoms with Crippen LogP contribution in [0.4, 0.5) is 0 Å². The van der Waals surface area contributed by atoms with Gasteiger partial charge in [0.05, 0.1) is 0 Å². The number of hydrogen-bond donors (Lipinski definition) is 0. The zero-order valence-corrected chi connectivity index (χ0v) is 17.4. The summed E-state index contributed by atoms with van der Waals surface area (Å²) in [5.74, 6) is 1.07. The lowest BCUT2D eigenvalue weighted by Crippen LogP contribution is -2.38. The Morgan fingerprint density at radius 3 is 1.33 bits per heavy atom. The SMILES string of the molecule is CCCCCCCCCCCCCCCCN(C)/C(=N/C)N(C)C. The van der Waals surface area contributed by atoms with E-state index in [-0.39, 0.29) is 0 Å². The Morgan fingerprint density at radius 2 is 1.00 bits per heavy atom. The lowest BCUT2D eigenvalue weighted by atomic mass is 10.0. The highest BCUT2D eigenvalue weighted by molar-refractivity contribution is 5.79. The van der Waals surface area contributed by atoms with E-state index in [0.29, 0.717) is 0 Å². The van der Waals surface area contributed by atoms with Crippen LogP contribution in [-0.2, 0) is 0 Å². The van der Waals surface area contributed by atoms with E-state index in [4.69, 9.17) is 0 Å². The van der Waals surface area contributed by atoms with Gasteiger partial charge >= 0.3 is 0 Å². The molecule has 0 saturated heterocycles. The Labute approximate surface area is 152 Å². The van der Waals surface area contributed by atoms with Crippen LogP contribution in [0.5, 0.6) is 0 Å². The zero-order valence-electron chi connectivity index (χ0n) is 17.4. The van der Waals surface area contributed by atoms with Gasteiger partial charge in [-0.15, -0.1) is 0 Å². The van der Waals surface area contributed by atoms with Crippen LogP contribution in [0.15, 0.2) is 4.99 Å². The molecular formula is C21H45N3. The molecule has 0 aliphatic heterocycles. The second kappa shape index (κ2) is 17.1. The van der Waals surface area contributed by atoms with Crippen LogP contribution in [0.1, 0.15) is 96.8 Å². The van der Waals surface area contributed by atoms with Crippen molar-refractivity contribution in [1.82, 2.24) is 9.80 Å². The van der Waals surface area contributed by atoms with Crippen molar-refractivity contribution in [2.24, 2.45) is 4.99 Å². The summed E-state index contributed by atoms with van der Waals surface area (Å²) < 4.78 is 0. The van der Waals surface area contributed by atoms with Crippen LogP contribution in [-0.4, -0.2) is 50.5 Å². The van der Waals surface area contributed by atoms with E-state index >= 15 is 0 Å². The Hall–Kier alpha value is -0.730. The van der Waals surface area contributed by atoms with E-state index in [1.54, 1.807) is 0 Å². The van der Waals surface area contributed by atoms with E-state index in [2.05, 4.69) is 42.9 Å². The third kappa shape index (κ3) is 13.7. The molecular weight excluding hydrogens is 294 g/mol. The first-order chi connectivity index (χ1) is 11.6. The monoisotopic (exact) mass is 339 g/mol. The molecule has 0 aromatic heterocycles. The molecule has 0 aromatic rings. The number of rotatable bonds is 15. The molecule has 0 heterocycles. The molecule has 3 nitrogen and oxygen atoms in total. The van der Waals surface area contributed by atoms with Gasteiger partial charge in [0.1, 0.15) is 0 Å². The van der Waals surface area contributed by atoms with Gasteiger partial charge in [0, 0.05) is 34.7 Å². The standard InChI is InChI=1S/C21H45N3/c1-6-7-8-9-10-11-12-13-14-15-16-17-18-19-20-24(5)21(22-2)23(3)4/h6-20H2,1-5H3/b22-21+. The van der Waals surface area contributed by atoms with Crippen LogP contribution >= 0.6 is 0 Å². The van der Waals surface area contributed by atoms with Crippen molar-refractivity contribution in [1.29, 1.82) is 0 Å². The van der Waals surface area contributed by atoms with E-state index in [1.165, 1.54) is 89.9 Å². The van der Waals surface area contributed by atoms with Crippen molar-refractivity contribution in [3.63, 3.8) is 0 Å². The Kier molecular flexibility index (Phi) is 16.6. The number of hydrogen-bond acceptors (Lipinski definition) is 1. The van der Waals surface area contributed by atoms with Gasteiger partial charge in [-0.05, 0) is 6.42 Å². The molecule has 0 atom stereocenters. The summed E-state index contributed by atoms with van der Waals surface area (Å²) in [6.45, 7) is 3.40. The van der Waals surface area contributed by atoms with Gasteiger partial charge < -0.3 is 9.80 Å². The summed E-state index contributed by atoms with van der Waals surface area (Å²) >= 11 is 0. The first-order valence-corrected chi connectivity index (χ1v) is 10.5. The number of aliphatic imine (C=N–C) groups is 1. The normalized spacial score (nSPS) is 11.8. The van der Waals surface area contributed by atoms with Crippen LogP contribution in [0, 0.1) is 0 Å². The van der Waals surface area contributed by atoms with Crippen LogP contribution in [0.3, 0.4) is 0 Å².